The zero-order valence-electron chi connectivity index (χ0n) is 8.33. The van der Waals surface area contributed by atoms with Crippen LogP contribution in [0.25, 0.3) is 0 Å². The summed E-state index contributed by atoms with van der Waals surface area (Å²) >= 11 is 0. The average Bonchev–Trinajstić information content (AvgIpc) is 2.24. The smallest absolute Gasteiger partial charge is 0.0691 e. The summed E-state index contributed by atoms with van der Waals surface area (Å²) in [5.74, 6) is -0.153. The molecule has 0 aromatic carbocycles. The summed E-state index contributed by atoms with van der Waals surface area (Å²) in [6.45, 7) is 3.87. The van der Waals surface area contributed by atoms with Crippen molar-refractivity contribution in [2.24, 2.45) is 5.92 Å². The van der Waals surface area contributed by atoms with Crippen LogP contribution < -0.4 is 0 Å². The van der Waals surface area contributed by atoms with E-state index in [2.05, 4.69) is 0 Å². The first kappa shape index (κ1) is 12.4. The molecule has 1 aliphatic heterocycles. The van der Waals surface area contributed by atoms with Gasteiger partial charge in [0.05, 0.1) is 18.6 Å². The molecule has 13 heavy (non-hydrogen) atoms. The molecule has 0 saturated carbocycles. The number of nitriles is 1. The maximum atomic E-state index is 8.30. The maximum absolute atomic E-state index is 8.30. The van der Waals surface area contributed by atoms with Gasteiger partial charge in [-0.1, -0.05) is 6.92 Å². The summed E-state index contributed by atoms with van der Waals surface area (Å²) < 4.78 is 5.07. The van der Waals surface area contributed by atoms with E-state index >= 15 is 0 Å². The zero-order valence-corrected chi connectivity index (χ0v) is 8.33. The van der Waals surface area contributed by atoms with Crippen LogP contribution in [0, 0.1) is 17.2 Å². The first-order valence-electron chi connectivity index (χ1n) is 4.93. The van der Waals surface area contributed by atoms with Gasteiger partial charge in [-0.2, -0.15) is 5.26 Å². The van der Waals surface area contributed by atoms with Crippen molar-refractivity contribution in [3.63, 3.8) is 0 Å². The van der Waals surface area contributed by atoms with Crippen molar-refractivity contribution in [2.75, 3.05) is 19.8 Å². The molecular weight excluding hydrogens is 166 g/mol. The van der Waals surface area contributed by atoms with Crippen LogP contribution >= 0.6 is 0 Å². The predicted molar refractivity (Wildman–Crippen MR) is 51.1 cm³/mol. The van der Waals surface area contributed by atoms with Crippen LogP contribution in [0.15, 0.2) is 0 Å². The second-order valence-corrected chi connectivity index (χ2v) is 3.09. The van der Waals surface area contributed by atoms with Gasteiger partial charge in [0.15, 0.2) is 0 Å². The van der Waals surface area contributed by atoms with Crippen LogP contribution in [0.2, 0.25) is 0 Å². The Balaban J connectivity index is 0.000000223. The van der Waals surface area contributed by atoms with Crippen LogP contribution in [-0.2, 0) is 4.74 Å². The van der Waals surface area contributed by atoms with E-state index in [9.17, 15) is 0 Å². The normalized spacial score (nSPS) is 17.9. The predicted octanol–water partition coefficient (Wildman–Crippen LogP) is 1.72. The Kier molecular flexibility index (Phi) is 9.07. The molecule has 1 rings (SSSR count). The lowest BCUT2D eigenvalue weighted by molar-refractivity contribution is 0.0968. The standard InChI is InChI=1S/C5H9NO.C5H10O/c1-2-5(3-6)4-7;1-2-4-6-5-3-1/h5,7H,2,4H2,1H3;1-5H2. The fourth-order valence-electron chi connectivity index (χ4n) is 0.948. The number of ether oxygens (including phenoxy) is 1. The first-order chi connectivity index (χ1) is 6.35. The first-order valence-corrected chi connectivity index (χ1v) is 4.93. The minimum atomic E-state index is -0.153. The molecule has 3 heteroatoms. The van der Waals surface area contributed by atoms with E-state index in [1.54, 1.807) is 0 Å². The molecule has 3 nitrogen and oxygen atoms in total. The molecule has 1 unspecified atom stereocenters. The van der Waals surface area contributed by atoms with Gasteiger partial charge in [0.25, 0.3) is 0 Å². The Morgan fingerprint density at radius 1 is 1.38 bits per heavy atom. The van der Waals surface area contributed by atoms with Gasteiger partial charge in [-0.05, 0) is 25.7 Å². The number of nitrogens with zero attached hydrogens (tertiary/aromatic N) is 1. The van der Waals surface area contributed by atoms with Crippen molar-refractivity contribution < 1.29 is 9.84 Å². The molecular formula is C10H19NO2. The van der Waals surface area contributed by atoms with Crippen LogP contribution in [0.1, 0.15) is 32.6 Å². The molecule has 0 aromatic heterocycles. The Labute approximate surface area is 80.3 Å². The summed E-state index contributed by atoms with van der Waals surface area (Å²) in [6.07, 6.45) is 4.67. The molecule has 0 amide bonds. The van der Waals surface area contributed by atoms with Gasteiger partial charge in [-0.15, -0.1) is 0 Å². The Morgan fingerprint density at radius 3 is 2.08 bits per heavy atom. The highest BCUT2D eigenvalue weighted by atomic mass is 16.5. The molecule has 76 valence electrons. The highest BCUT2D eigenvalue weighted by Gasteiger charge is 1.97. The van der Waals surface area contributed by atoms with E-state index in [4.69, 9.17) is 15.1 Å². The summed E-state index contributed by atoms with van der Waals surface area (Å²) in [5, 5.41) is 16.4. The molecule has 0 aromatic rings. The van der Waals surface area contributed by atoms with Gasteiger partial charge in [-0.25, -0.2) is 0 Å². The SMILES string of the molecule is C1CCOCC1.CCC(C#N)CO. The van der Waals surface area contributed by atoms with Crippen molar-refractivity contribution in [3.05, 3.63) is 0 Å². The Bertz CT molecular complexity index is 123. The van der Waals surface area contributed by atoms with Gasteiger partial charge in [0.2, 0.25) is 0 Å². The van der Waals surface area contributed by atoms with E-state index in [0.717, 1.165) is 19.6 Å². The van der Waals surface area contributed by atoms with Gasteiger partial charge in [0, 0.05) is 13.2 Å². The van der Waals surface area contributed by atoms with E-state index < -0.39 is 0 Å². The number of hydrogen-bond donors (Lipinski definition) is 1. The summed E-state index contributed by atoms with van der Waals surface area (Å²) in [5.41, 5.74) is 0. The fraction of sp³-hybridized carbons (Fsp3) is 0.900. The Hall–Kier alpha value is -0.590. The molecule has 0 bridgehead atoms. The molecule has 1 saturated heterocycles. The summed E-state index contributed by atoms with van der Waals surface area (Å²) in [7, 11) is 0. The molecule has 0 spiro atoms. The summed E-state index contributed by atoms with van der Waals surface area (Å²) in [6, 6.07) is 1.95. The molecule has 0 radical (unpaired) electrons. The third kappa shape index (κ3) is 7.76. The maximum Gasteiger partial charge on any atom is 0.0691 e. The molecule has 1 fully saturated rings. The second kappa shape index (κ2) is 9.50. The number of rotatable bonds is 2. The third-order valence-corrected chi connectivity index (χ3v) is 1.97. The third-order valence-electron chi connectivity index (χ3n) is 1.97. The minimum Gasteiger partial charge on any atom is -0.395 e. The van der Waals surface area contributed by atoms with E-state index in [1.807, 2.05) is 13.0 Å². The lowest BCUT2D eigenvalue weighted by atomic mass is 10.1. The van der Waals surface area contributed by atoms with E-state index in [-0.39, 0.29) is 12.5 Å². The summed E-state index contributed by atoms with van der Waals surface area (Å²) in [4.78, 5) is 0. The second-order valence-electron chi connectivity index (χ2n) is 3.09. The fourth-order valence-corrected chi connectivity index (χ4v) is 0.948. The monoisotopic (exact) mass is 185 g/mol. The molecule has 1 N–H and O–H groups in total. The number of hydrogen-bond acceptors (Lipinski definition) is 3. The van der Waals surface area contributed by atoms with Crippen LogP contribution in [-0.4, -0.2) is 24.9 Å². The number of aliphatic hydroxyl groups is 1. The van der Waals surface area contributed by atoms with Gasteiger partial charge in [0.1, 0.15) is 0 Å². The number of aliphatic hydroxyl groups excluding tert-OH is 1. The zero-order chi connectivity index (χ0) is 9.94. The topological polar surface area (TPSA) is 53.2 Å². The Morgan fingerprint density at radius 2 is 2.00 bits per heavy atom. The van der Waals surface area contributed by atoms with E-state index in [0.29, 0.717) is 0 Å². The highest BCUT2D eigenvalue weighted by Crippen LogP contribution is 2.02. The van der Waals surface area contributed by atoms with Crippen molar-refractivity contribution in [1.29, 1.82) is 5.26 Å². The van der Waals surface area contributed by atoms with Gasteiger partial charge >= 0.3 is 0 Å². The van der Waals surface area contributed by atoms with E-state index in [1.165, 1.54) is 19.3 Å². The van der Waals surface area contributed by atoms with Crippen molar-refractivity contribution in [2.45, 2.75) is 32.6 Å². The molecule has 1 atom stereocenters. The lowest BCUT2D eigenvalue weighted by Crippen LogP contribution is -2.03. The van der Waals surface area contributed by atoms with Crippen molar-refractivity contribution in [1.82, 2.24) is 0 Å². The lowest BCUT2D eigenvalue weighted by Gasteiger charge is -2.08. The van der Waals surface area contributed by atoms with Crippen molar-refractivity contribution >= 4 is 0 Å². The molecule has 1 aliphatic rings. The quantitative estimate of drug-likeness (QED) is 0.712. The molecule has 0 aliphatic carbocycles. The largest absolute Gasteiger partial charge is 0.395 e. The van der Waals surface area contributed by atoms with Crippen LogP contribution in [0.3, 0.4) is 0 Å². The van der Waals surface area contributed by atoms with Gasteiger partial charge < -0.3 is 9.84 Å². The minimum absolute atomic E-state index is 0.00694. The van der Waals surface area contributed by atoms with Crippen LogP contribution in [0.5, 0.6) is 0 Å². The molecule has 1 heterocycles. The van der Waals surface area contributed by atoms with Crippen molar-refractivity contribution in [3.8, 4) is 6.07 Å². The highest BCUT2D eigenvalue weighted by molar-refractivity contribution is 4.79. The van der Waals surface area contributed by atoms with Gasteiger partial charge in [-0.3, -0.25) is 0 Å². The average molecular weight is 185 g/mol. The van der Waals surface area contributed by atoms with Crippen LogP contribution in [0.4, 0.5) is 0 Å².